The lowest BCUT2D eigenvalue weighted by Gasteiger charge is -2.30. The van der Waals surface area contributed by atoms with Crippen molar-refractivity contribution in [1.29, 1.82) is 0 Å². The van der Waals surface area contributed by atoms with Gasteiger partial charge in [-0.25, -0.2) is 19.6 Å². The molecule has 2 aromatic carbocycles. The number of carbonyl (C=O) groups is 4. The summed E-state index contributed by atoms with van der Waals surface area (Å²) < 4.78 is 9.38. The second-order valence-corrected chi connectivity index (χ2v) is 13.5. The van der Waals surface area contributed by atoms with Crippen molar-refractivity contribution in [2.24, 2.45) is 5.92 Å². The fourth-order valence-corrected chi connectivity index (χ4v) is 6.85. The molecule has 0 saturated carbocycles. The van der Waals surface area contributed by atoms with Gasteiger partial charge >= 0.3 is 12.2 Å². The molecular formula is C38H44N8O6. The summed E-state index contributed by atoms with van der Waals surface area (Å²) in [4.78, 5) is 69.9. The molecule has 0 bridgehead atoms. The zero-order valence-electron chi connectivity index (χ0n) is 30.0. The molecule has 6 rings (SSSR count). The van der Waals surface area contributed by atoms with Crippen LogP contribution in [0.1, 0.15) is 81.3 Å². The molecule has 4 N–H and O–H groups in total. The van der Waals surface area contributed by atoms with E-state index in [9.17, 15) is 19.2 Å². The summed E-state index contributed by atoms with van der Waals surface area (Å²) in [5.74, 6) is 7.45. The normalized spacial score (nSPS) is 18.1. The van der Waals surface area contributed by atoms with Gasteiger partial charge in [-0.05, 0) is 74.4 Å². The second kappa shape index (κ2) is 15.6. The van der Waals surface area contributed by atoms with Crippen LogP contribution in [0, 0.1) is 17.8 Å². The monoisotopic (exact) mass is 708 g/mol. The number of methoxy groups -OCH3 is 2. The Bertz CT molecular complexity index is 2010. The van der Waals surface area contributed by atoms with Crippen molar-refractivity contribution in [3.8, 4) is 23.1 Å². The van der Waals surface area contributed by atoms with E-state index in [-0.39, 0.29) is 29.8 Å². The zero-order chi connectivity index (χ0) is 36.9. The summed E-state index contributed by atoms with van der Waals surface area (Å²) in [6, 6.07) is 11.8. The number of imidazole rings is 2. The number of benzene rings is 2. The molecule has 4 atom stereocenters. The van der Waals surface area contributed by atoms with Gasteiger partial charge in [0.05, 0.1) is 49.2 Å². The standard InChI is InChI=1S/C38H44N8O6/c1-22(2)32(44-38(50)52-5)36(48)46-19-6-8-30(46)33-39-21-29(43-33)26-15-12-24(13-16-26)10-11-25-14-17-27-28(20-25)42-34(41-27)31-9-7-18-45(31)35(47)23(3)40-37(49)51-4/h12-17,20-23,30-32H,6-9,18-19H2,1-5H3,(H,39,43)(H,40,49)(H,41,42)(H,44,50)/t23-,30-,31-,32+/m0/s1. The molecule has 2 aliphatic heterocycles. The van der Waals surface area contributed by atoms with Crippen molar-refractivity contribution in [2.75, 3.05) is 27.3 Å². The van der Waals surface area contributed by atoms with Crippen molar-refractivity contribution in [3.05, 3.63) is 71.4 Å². The van der Waals surface area contributed by atoms with Gasteiger partial charge in [0.2, 0.25) is 11.8 Å². The van der Waals surface area contributed by atoms with E-state index in [1.807, 2.05) is 56.3 Å². The Morgan fingerprint density at radius 2 is 1.42 bits per heavy atom. The number of ether oxygens (including phenoxy) is 2. The third kappa shape index (κ3) is 7.73. The number of hydrogen-bond acceptors (Lipinski definition) is 8. The third-order valence-electron chi connectivity index (χ3n) is 9.63. The lowest BCUT2D eigenvalue weighted by Crippen LogP contribution is -2.51. The summed E-state index contributed by atoms with van der Waals surface area (Å²) >= 11 is 0. The van der Waals surface area contributed by atoms with Crippen LogP contribution in [-0.4, -0.2) is 93.1 Å². The number of aromatic amines is 2. The number of nitrogens with zero attached hydrogens (tertiary/aromatic N) is 4. The van der Waals surface area contributed by atoms with Crippen molar-refractivity contribution < 1.29 is 28.7 Å². The van der Waals surface area contributed by atoms with E-state index in [4.69, 9.17) is 9.72 Å². The lowest BCUT2D eigenvalue weighted by atomic mass is 10.0. The van der Waals surface area contributed by atoms with E-state index < -0.39 is 24.3 Å². The minimum atomic E-state index is -0.715. The largest absolute Gasteiger partial charge is 0.453 e. The first-order valence-corrected chi connectivity index (χ1v) is 17.5. The maximum Gasteiger partial charge on any atom is 0.407 e. The van der Waals surface area contributed by atoms with Crippen LogP contribution in [0.4, 0.5) is 9.59 Å². The molecule has 0 unspecified atom stereocenters. The lowest BCUT2D eigenvalue weighted by molar-refractivity contribution is -0.135. The number of amides is 4. The highest BCUT2D eigenvalue weighted by Gasteiger charge is 2.38. The van der Waals surface area contributed by atoms with Crippen LogP contribution in [0.15, 0.2) is 48.7 Å². The second-order valence-electron chi connectivity index (χ2n) is 13.5. The third-order valence-corrected chi connectivity index (χ3v) is 9.63. The molecule has 2 fully saturated rings. The summed E-state index contributed by atoms with van der Waals surface area (Å²) in [6.45, 7) is 6.60. The van der Waals surface area contributed by atoms with Gasteiger partial charge in [-0.1, -0.05) is 37.8 Å². The quantitative estimate of drug-likeness (QED) is 0.189. The summed E-state index contributed by atoms with van der Waals surface area (Å²) in [5.41, 5.74) is 5.04. The number of alkyl carbamates (subject to hydrolysis) is 2. The molecule has 0 spiro atoms. The molecule has 4 heterocycles. The zero-order valence-corrected chi connectivity index (χ0v) is 30.0. The van der Waals surface area contributed by atoms with Gasteiger partial charge < -0.3 is 39.9 Å². The van der Waals surface area contributed by atoms with Gasteiger partial charge in [-0.15, -0.1) is 0 Å². The van der Waals surface area contributed by atoms with E-state index in [1.165, 1.54) is 14.2 Å². The van der Waals surface area contributed by atoms with Gasteiger partial charge in [-0.2, -0.15) is 0 Å². The Hall–Kier alpha value is -5.84. The Kier molecular flexibility index (Phi) is 10.8. The van der Waals surface area contributed by atoms with E-state index in [1.54, 1.807) is 22.9 Å². The van der Waals surface area contributed by atoms with E-state index in [2.05, 4.69) is 42.2 Å². The highest BCUT2D eigenvalue weighted by atomic mass is 16.5. The number of H-pyrrole nitrogens is 2. The minimum absolute atomic E-state index is 0.108. The average molecular weight is 709 g/mol. The molecule has 272 valence electrons. The van der Waals surface area contributed by atoms with Gasteiger partial charge in [0.15, 0.2) is 0 Å². The molecule has 2 aliphatic rings. The average Bonchev–Trinajstić information content (AvgIpc) is 3.98. The molecular weight excluding hydrogens is 664 g/mol. The molecule has 0 aliphatic carbocycles. The Morgan fingerprint density at radius 1 is 0.808 bits per heavy atom. The fourth-order valence-electron chi connectivity index (χ4n) is 6.85. The smallest absolute Gasteiger partial charge is 0.407 e. The molecule has 4 amide bonds. The van der Waals surface area contributed by atoms with Crippen LogP contribution >= 0.6 is 0 Å². The molecule has 4 aromatic rings. The van der Waals surface area contributed by atoms with Crippen LogP contribution in [-0.2, 0) is 19.1 Å². The topological polar surface area (TPSA) is 175 Å². The number of aromatic nitrogens is 4. The van der Waals surface area contributed by atoms with Crippen LogP contribution < -0.4 is 10.6 Å². The van der Waals surface area contributed by atoms with Gasteiger partial charge in [0.25, 0.3) is 0 Å². The maximum absolute atomic E-state index is 13.5. The molecule has 2 saturated heterocycles. The van der Waals surface area contributed by atoms with Gasteiger partial charge in [0.1, 0.15) is 23.7 Å². The first-order chi connectivity index (χ1) is 25.1. The van der Waals surface area contributed by atoms with Crippen molar-refractivity contribution in [2.45, 2.75) is 70.6 Å². The van der Waals surface area contributed by atoms with Crippen molar-refractivity contribution in [3.63, 3.8) is 0 Å². The summed E-state index contributed by atoms with van der Waals surface area (Å²) in [7, 11) is 2.55. The number of nitrogens with one attached hydrogen (secondary N) is 4. The number of carbonyl (C=O) groups excluding carboxylic acids is 4. The predicted octanol–water partition coefficient (Wildman–Crippen LogP) is 4.80. The first-order valence-electron chi connectivity index (χ1n) is 17.5. The fraction of sp³-hybridized carbons (Fsp3) is 0.421. The van der Waals surface area contributed by atoms with E-state index in [0.717, 1.165) is 59.1 Å². The minimum Gasteiger partial charge on any atom is -0.453 e. The van der Waals surface area contributed by atoms with Crippen molar-refractivity contribution >= 4 is 35.0 Å². The Labute approximate surface area is 302 Å². The number of likely N-dealkylation sites (tertiary alicyclic amines) is 2. The first kappa shape index (κ1) is 36.0. The molecule has 14 heteroatoms. The van der Waals surface area contributed by atoms with E-state index >= 15 is 0 Å². The Balaban J connectivity index is 1.11. The SMILES string of the molecule is COC(=O)N[C@@H](C)C(=O)N1CCC[C@H]1c1nc2ccc(C#Cc3ccc(-c4cnc([C@@H]5CCCN5C(=O)[C@H](NC(=O)OC)C(C)C)[nH]4)cc3)cc2[nH]1. The summed E-state index contributed by atoms with van der Waals surface area (Å²) in [6.07, 6.45) is 3.73. The molecule has 0 radical (unpaired) electrons. The number of fused-ring (bicyclic) bond motifs is 1. The van der Waals surface area contributed by atoms with Crippen LogP contribution in [0.5, 0.6) is 0 Å². The number of rotatable bonds is 8. The van der Waals surface area contributed by atoms with Crippen LogP contribution in [0.3, 0.4) is 0 Å². The van der Waals surface area contributed by atoms with Gasteiger partial charge in [0, 0.05) is 24.2 Å². The molecule has 2 aromatic heterocycles. The highest BCUT2D eigenvalue weighted by molar-refractivity contribution is 5.87. The Morgan fingerprint density at radius 3 is 2.10 bits per heavy atom. The molecule has 14 nitrogen and oxygen atoms in total. The summed E-state index contributed by atoms with van der Waals surface area (Å²) in [5, 5.41) is 5.23. The van der Waals surface area contributed by atoms with Gasteiger partial charge in [-0.3, -0.25) is 9.59 Å². The van der Waals surface area contributed by atoms with Crippen LogP contribution in [0.2, 0.25) is 0 Å². The van der Waals surface area contributed by atoms with Crippen molar-refractivity contribution in [1.82, 2.24) is 40.4 Å². The molecule has 52 heavy (non-hydrogen) atoms. The number of hydrogen-bond donors (Lipinski definition) is 4. The van der Waals surface area contributed by atoms with E-state index in [0.29, 0.717) is 24.7 Å². The maximum atomic E-state index is 13.5. The van der Waals surface area contributed by atoms with Crippen LogP contribution in [0.25, 0.3) is 22.3 Å². The predicted molar refractivity (Wildman–Crippen MR) is 193 cm³/mol. The highest BCUT2D eigenvalue weighted by Crippen LogP contribution is 2.34.